The molecular weight excluding hydrogens is 456 g/mol. The fourth-order valence-electron chi connectivity index (χ4n) is 4.96. The van der Waals surface area contributed by atoms with E-state index in [4.69, 9.17) is 14.5 Å². The molecule has 36 heavy (non-hydrogen) atoms. The number of aryl methyl sites for hydroxylation is 1. The van der Waals surface area contributed by atoms with Crippen LogP contribution in [-0.4, -0.2) is 69.7 Å². The zero-order valence-corrected chi connectivity index (χ0v) is 21.1. The van der Waals surface area contributed by atoms with Crippen molar-refractivity contribution >= 4 is 11.0 Å². The van der Waals surface area contributed by atoms with Gasteiger partial charge < -0.3 is 14.4 Å². The molecule has 1 atom stereocenters. The summed E-state index contributed by atoms with van der Waals surface area (Å²) in [4.78, 5) is 25.7. The number of hydrogen-bond donors (Lipinski definition) is 0. The zero-order chi connectivity index (χ0) is 25.1. The van der Waals surface area contributed by atoms with Crippen molar-refractivity contribution < 1.29 is 9.47 Å². The van der Waals surface area contributed by atoms with Crippen molar-refractivity contribution in [3.63, 3.8) is 0 Å². The van der Waals surface area contributed by atoms with Crippen LogP contribution in [0.25, 0.3) is 28.1 Å². The predicted molar refractivity (Wildman–Crippen MR) is 139 cm³/mol. The van der Waals surface area contributed by atoms with Crippen molar-refractivity contribution in [2.24, 2.45) is 5.92 Å². The summed E-state index contributed by atoms with van der Waals surface area (Å²) in [6.07, 6.45) is 5.73. The highest BCUT2D eigenvalue weighted by molar-refractivity contribution is 5.76. The summed E-state index contributed by atoms with van der Waals surface area (Å²) in [7, 11) is 3.36. The lowest BCUT2D eigenvalue weighted by molar-refractivity contribution is 0.109. The maximum absolute atomic E-state index is 13.9. The number of nitrogens with zero attached hydrogens (tertiary/aromatic N) is 6. The average Bonchev–Trinajstić information content (AvgIpc) is 3.34. The first-order chi connectivity index (χ1) is 17.6. The van der Waals surface area contributed by atoms with Gasteiger partial charge in [0, 0.05) is 50.3 Å². The first-order valence-electron chi connectivity index (χ1n) is 12.4. The topological polar surface area (TPSA) is 87.3 Å². The normalized spacial score (nSPS) is 16.5. The quantitative estimate of drug-likeness (QED) is 0.376. The van der Waals surface area contributed by atoms with Crippen molar-refractivity contribution in [1.29, 1.82) is 0 Å². The molecule has 9 nitrogen and oxygen atoms in total. The maximum atomic E-state index is 13.9. The third kappa shape index (κ3) is 4.89. The number of fused-ring (bicyclic) bond motifs is 1. The number of pyridine rings is 1. The highest BCUT2D eigenvalue weighted by Crippen LogP contribution is 2.25. The summed E-state index contributed by atoms with van der Waals surface area (Å²) in [5.74, 6) is 1.69. The lowest BCUT2D eigenvalue weighted by atomic mass is 9.97. The second-order valence-corrected chi connectivity index (χ2v) is 9.30. The Hall–Kier alpha value is -3.56. The largest absolute Gasteiger partial charge is 0.497 e. The molecule has 0 bridgehead atoms. The Balaban J connectivity index is 1.59. The van der Waals surface area contributed by atoms with E-state index >= 15 is 0 Å². The van der Waals surface area contributed by atoms with Gasteiger partial charge in [-0.3, -0.25) is 14.3 Å². The van der Waals surface area contributed by atoms with Crippen LogP contribution in [-0.2, 0) is 11.3 Å². The predicted octanol–water partition coefficient (Wildman–Crippen LogP) is 3.32. The smallest absolute Gasteiger partial charge is 0.282 e. The molecule has 0 unspecified atom stereocenters. The first-order valence-corrected chi connectivity index (χ1v) is 12.4. The standard InChI is InChI=1S/C27H32N6O3/c1-19-23(10-5-11-28-19)26-29-24-18-33(21-8-4-9-22(15-21)36-3)30-25(24)27(34)32(26)17-20-7-6-12-31(16-20)13-14-35-2/h4-5,8-11,15,18,20H,6-7,12-14,16-17H2,1-3H3/t20-/m0/s1. The fourth-order valence-corrected chi connectivity index (χ4v) is 4.96. The number of methoxy groups -OCH3 is 2. The average molecular weight is 489 g/mol. The number of piperidine rings is 1. The molecule has 1 aliphatic rings. The Morgan fingerprint density at radius 3 is 2.86 bits per heavy atom. The zero-order valence-electron chi connectivity index (χ0n) is 21.1. The molecule has 1 aromatic carbocycles. The van der Waals surface area contributed by atoms with Crippen molar-refractivity contribution in [2.75, 3.05) is 40.5 Å². The van der Waals surface area contributed by atoms with Crippen molar-refractivity contribution in [2.45, 2.75) is 26.3 Å². The van der Waals surface area contributed by atoms with Crippen LogP contribution in [0.1, 0.15) is 18.5 Å². The highest BCUT2D eigenvalue weighted by Gasteiger charge is 2.24. The molecule has 5 rings (SSSR count). The number of likely N-dealkylation sites (tertiary alicyclic amines) is 1. The summed E-state index contributed by atoms with van der Waals surface area (Å²) < 4.78 is 14.1. The van der Waals surface area contributed by atoms with Crippen LogP contribution in [0, 0.1) is 12.8 Å². The van der Waals surface area contributed by atoms with E-state index in [1.165, 1.54) is 0 Å². The van der Waals surface area contributed by atoms with E-state index < -0.39 is 0 Å². The highest BCUT2D eigenvalue weighted by atomic mass is 16.5. The van der Waals surface area contributed by atoms with Crippen LogP contribution in [0.2, 0.25) is 0 Å². The Morgan fingerprint density at radius 1 is 1.17 bits per heavy atom. The maximum Gasteiger partial charge on any atom is 0.282 e. The number of aromatic nitrogens is 5. The van der Waals surface area contributed by atoms with Gasteiger partial charge in [-0.2, -0.15) is 5.10 Å². The molecule has 0 amide bonds. The Kier molecular flexibility index (Phi) is 7.11. The van der Waals surface area contributed by atoms with Gasteiger partial charge in [-0.05, 0) is 56.5 Å². The van der Waals surface area contributed by atoms with Crippen LogP contribution in [0.3, 0.4) is 0 Å². The van der Waals surface area contributed by atoms with Crippen molar-refractivity contribution in [3.05, 3.63) is 64.8 Å². The Bertz CT molecular complexity index is 1410. The summed E-state index contributed by atoms with van der Waals surface area (Å²) in [6.45, 7) is 6.13. The summed E-state index contributed by atoms with van der Waals surface area (Å²) in [6, 6.07) is 11.4. The van der Waals surface area contributed by atoms with Gasteiger partial charge in [0.2, 0.25) is 0 Å². The number of rotatable bonds is 8. The van der Waals surface area contributed by atoms with Crippen LogP contribution in [0.15, 0.2) is 53.6 Å². The van der Waals surface area contributed by atoms with Gasteiger partial charge in [0.25, 0.3) is 5.56 Å². The second-order valence-electron chi connectivity index (χ2n) is 9.30. The minimum atomic E-state index is -0.131. The van der Waals surface area contributed by atoms with Crippen LogP contribution >= 0.6 is 0 Å². The molecule has 188 valence electrons. The molecule has 4 aromatic rings. The Labute approximate surface area is 210 Å². The minimum Gasteiger partial charge on any atom is -0.497 e. The van der Waals surface area contributed by atoms with E-state index in [-0.39, 0.29) is 5.56 Å². The van der Waals surface area contributed by atoms with Gasteiger partial charge in [-0.1, -0.05) is 6.07 Å². The van der Waals surface area contributed by atoms with Gasteiger partial charge >= 0.3 is 0 Å². The van der Waals surface area contributed by atoms with Gasteiger partial charge in [0.1, 0.15) is 17.1 Å². The van der Waals surface area contributed by atoms with Crippen molar-refractivity contribution in [3.8, 4) is 22.8 Å². The van der Waals surface area contributed by atoms with Gasteiger partial charge in [-0.15, -0.1) is 0 Å². The lowest BCUT2D eigenvalue weighted by Crippen LogP contribution is -2.40. The van der Waals surface area contributed by atoms with E-state index in [0.29, 0.717) is 35.9 Å². The fraction of sp³-hybridized carbons (Fsp3) is 0.407. The molecule has 1 aliphatic heterocycles. The first kappa shape index (κ1) is 24.1. The third-order valence-electron chi connectivity index (χ3n) is 6.85. The summed E-state index contributed by atoms with van der Waals surface area (Å²) in [5, 5.41) is 4.65. The van der Waals surface area contributed by atoms with Crippen LogP contribution in [0.4, 0.5) is 0 Å². The second kappa shape index (κ2) is 10.6. The molecule has 4 heterocycles. The van der Waals surface area contributed by atoms with Crippen molar-refractivity contribution in [1.82, 2.24) is 29.2 Å². The van der Waals surface area contributed by atoms with Gasteiger partial charge in [0.15, 0.2) is 5.52 Å². The molecular formula is C27H32N6O3. The Morgan fingerprint density at radius 2 is 2.06 bits per heavy atom. The molecule has 0 N–H and O–H groups in total. The molecule has 9 heteroatoms. The van der Waals surface area contributed by atoms with E-state index in [1.54, 1.807) is 35.9 Å². The molecule has 0 aliphatic carbocycles. The monoisotopic (exact) mass is 488 g/mol. The summed E-state index contributed by atoms with van der Waals surface area (Å²) >= 11 is 0. The van der Waals surface area contributed by atoms with Crippen LogP contribution in [0.5, 0.6) is 5.75 Å². The SMILES string of the molecule is COCCN1CCC[C@H](Cn2c(-c3cccnc3C)nc3cn(-c4cccc(OC)c4)nc3c2=O)C1. The van der Waals surface area contributed by atoms with Crippen LogP contribution < -0.4 is 10.3 Å². The molecule has 0 radical (unpaired) electrons. The summed E-state index contributed by atoms with van der Waals surface area (Å²) in [5.41, 5.74) is 3.28. The number of benzene rings is 1. The van der Waals surface area contributed by atoms with E-state index in [1.807, 2.05) is 43.3 Å². The van der Waals surface area contributed by atoms with Gasteiger partial charge in [0.05, 0.1) is 25.6 Å². The van der Waals surface area contributed by atoms with E-state index in [9.17, 15) is 4.79 Å². The van der Waals surface area contributed by atoms with E-state index in [0.717, 1.165) is 55.2 Å². The van der Waals surface area contributed by atoms with Gasteiger partial charge in [-0.25, -0.2) is 9.67 Å². The van der Waals surface area contributed by atoms with E-state index in [2.05, 4.69) is 15.0 Å². The minimum absolute atomic E-state index is 0.131. The molecule has 3 aromatic heterocycles. The molecule has 0 spiro atoms. The number of ether oxygens (including phenoxy) is 2. The molecule has 0 saturated carbocycles. The lowest BCUT2D eigenvalue weighted by Gasteiger charge is -2.33. The molecule has 1 fully saturated rings. The third-order valence-corrected chi connectivity index (χ3v) is 6.85. The molecule has 1 saturated heterocycles. The number of hydrogen-bond acceptors (Lipinski definition) is 7.